The monoisotopic (exact) mass is 381 g/mol. The quantitative estimate of drug-likeness (QED) is 0.444. The van der Waals surface area contributed by atoms with E-state index in [0.29, 0.717) is 26.6 Å². The van der Waals surface area contributed by atoms with Crippen LogP contribution in [0.25, 0.3) is 0 Å². The summed E-state index contributed by atoms with van der Waals surface area (Å²) in [7, 11) is 7.46. The second-order valence-corrected chi connectivity index (χ2v) is 7.27. The third kappa shape index (κ3) is 5.75. The van der Waals surface area contributed by atoms with E-state index in [1.54, 1.807) is 18.9 Å². The molecule has 9 nitrogen and oxygen atoms in total. The molecule has 0 saturated carbocycles. The van der Waals surface area contributed by atoms with Crippen LogP contribution in [0.1, 0.15) is 18.5 Å². The SMILES string of the molecule is B[C@H]1CC(OC)[C@@H](COCc2cn(COC3C[C@H](B)O[C@@H]3COC)nn2)O1. The van der Waals surface area contributed by atoms with Gasteiger partial charge in [-0.1, -0.05) is 5.21 Å². The Kier molecular flexibility index (Phi) is 7.68. The van der Waals surface area contributed by atoms with E-state index in [1.807, 2.05) is 21.9 Å². The summed E-state index contributed by atoms with van der Waals surface area (Å²) in [5.74, 6) is 0. The Labute approximate surface area is 161 Å². The Hall–Kier alpha value is -0.970. The van der Waals surface area contributed by atoms with Gasteiger partial charge in [0.05, 0.1) is 38.2 Å². The van der Waals surface area contributed by atoms with Gasteiger partial charge in [-0.15, -0.1) is 5.10 Å². The molecule has 0 aliphatic carbocycles. The maximum atomic E-state index is 5.94. The molecule has 3 rings (SSSR count). The van der Waals surface area contributed by atoms with Gasteiger partial charge in [0.1, 0.15) is 40.3 Å². The van der Waals surface area contributed by atoms with Crippen molar-refractivity contribution in [3.8, 4) is 0 Å². The van der Waals surface area contributed by atoms with Crippen molar-refractivity contribution in [3.05, 3.63) is 11.9 Å². The lowest BCUT2D eigenvalue weighted by atomic mass is 9.96. The molecule has 2 unspecified atom stereocenters. The lowest BCUT2D eigenvalue weighted by molar-refractivity contribution is -0.0679. The Balaban J connectivity index is 1.39. The topological polar surface area (TPSA) is 86.1 Å². The van der Waals surface area contributed by atoms with Crippen LogP contribution in [0.5, 0.6) is 0 Å². The zero-order chi connectivity index (χ0) is 19.2. The van der Waals surface area contributed by atoms with Gasteiger partial charge in [-0.05, 0) is 12.8 Å². The van der Waals surface area contributed by atoms with Crippen molar-refractivity contribution in [2.24, 2.45) is 0 Å². The summed E-state index contributed by atoms with van der Waals surface area (Å²) >= 11 is 0. The highest BCUT2D eigenvalue weighted by molar-refractivity contribution is 6.11. The standard InChI is InChI=1S/C16H29B2N3O6/c1-22-7-13-12(4-16(18)26-13)25-9-21-5-10(19-20-21)6-24-8-14-11(23-2)3-15(17)27-14/h5,11-16H,3-4,6-9,17-18H2,1-2H3/t11?,12?,13-,14-,15-,16-/m1/s1. The lowest BCUT2D eigenvalue weighted by Crippen LogP contribution is -2.29. The van der Waals surface area contributed by atoms with Crippen LogP contribution < -0.4 is 0 Å². The Morgan fingerprint density at radius 3 is 2.52 bits per heavy atom. The fourth-order valence-electron chi connectivity index (χ4n) is 3.64. The molecular weight excluding hydrogens is 352 g/mol. The first kappa shape index (κ1) is 20.8. The molecule has 0 amide bonds. The molecule has 0 bridgehead atoms. The minimum absolute atomic E-state index is 0.00340. The van der Waals surface area contributed by atoms with Gasteiger partial charge in [0.25, 0.3) is 0 Å². The van der Waals surface area contributed by atoms with E-state index in [9.17, 15) is 0 Å². The molecular formula is C16H29B2N3O6. The molecule has 27 heavy (non-hydrogen) atoms. The van der Waals surface area contributed by atoms with Crippen LogP contribution in [0.15, 0.2) is 6.20 Å². The molecule has 11 heteroatoms. The fourth-order valence-corrected chi connectivity index (χ4v) is 3.64. The summed E-state index contributed by atoms with van der Waals surface area (Å²) in [4.78, 5) is 0. The number of rotatable bonds is 10. The number of methoxy groups -OCH3 is 2. The van der Waals surface area contributed by atoms with E-state index < -0.39 is 0 Å². The summed E-state index contributed by atoms with van der Waals surface area (Å²) in [6.07, 6.45) is 3.57. The highest BCUT2D eigenvalue weighted by Crippen LogP contribution is 2.23. The van der Waals surface area contributed by atoms with Gasteiger partial charge in [-0.25, -0.2) is 4.68 Å². The molecule has 150 valence electrons. The average molecular weight is 381 g/mol. The van der Waals surface area contributed by atoms with Crippen molar-refractivity contribution < 1.29 is 28.4 Å². The van der Waals surface area contributed by atoms with E-state index in [2.05, 4.69) is 10.3 Å². The number of nitrogens with zero attached hydrogens (tertiary/aromatic N) is 3. The third-order valence-electron chi connectivity index (χ3n) is 4.94. The normalized spacial score (nSPS) is 33.7. The number of aromatic nitrogens is 3. The van der Waals surface area contributed by atoms with Crippen LogP contribution in [0.3, 0.4) is 0 Å². The molecule has 6 atom stereocenters. The van der Waals surface area contributed by atoms with E-state index >= 15 is 0 Å². The van der Waals surface area contributed by atoms with Crippen LogP contribution in [-0.2, 0) is 41.8 Å². The minimum atomic E-state index is -0.0427. The second-order valence-electron chi connectivity index (χ2n) is 7.27. The Bertz CT molecular complexity index is 580. The number of ether oxygens (including phenoxy) is 6. The molecule has 1 aromatic heterocycles. The molecule has 0 radical (unpaired) electrons. The summed E-state index contributed by atoms with van der Waals surface area (Å²) in [5.41, 5.74) is 0.753. The zero-order valence-electron chi connectivity index (χ0n) is 16.6. The summed E-state index contributed by atoms with van der Waals surface area (Å²) in [6, 6.07) is 0.372. The van der Waals surface area contributed by atoms with Crippen molar-refractivity contribution in [1.29, 1.82) is 0 Å². The zero-order valence-corrected chi connectivity index (χ0v) is 16.6. The first-order valence-electron chi connectivity index (χ1n) is 9.50. The van der Waals surface area contributed by atoms with E-state index in [4.69, 9.17) is 28.4 Å². The van der Waals surface area contributed by atoms with Crippen LogP contribution in [-0.4, -0.2) is 94.5 Å². The first-order valence-corrected chi connectivity index (χ1v) is 9.50. The van der Waals surface area contributed by atoms with Gasteiger partial charge >= 0.3 is 0 Å². The van der Waals surface area contributed by atoms with E-state index in [0.717, 1.165) is 18.5 Å². The molecule has 2 aliphatic heterocycles. The highest BCUT2D eigenvalue weighted by Gasteiger charge is 2.34. The van der Waals surface area contributed by atoms with E-state index in [-0.39, 0.29) is 36.4 Å². The number of hydrogen-bond donors (Lipinski definition) is 0. The predicted octanol–water partition coefficient (Wildman–Crippen LogP) is -1.70. The fraction of sp³-hybridized carbons (Fsp3) is 0.875. The van der Waals surface area contributed by atoms with E-state index in [1.165, 1.54) is 0 Å². The summed E-state index contributed by atoms with van der Waals surface area (Å²) < 4.78 is 35.6. The van der Waals surface area contributed by atoms with Crippen LogP contribution >= 0.6 is 0 Å². The lowest BCUT2D eigenvalue weighted by Gasteiger charge is -2.18. The maximum Gasteiger partial charge on any atom is 0.141 e. The third-order valence-corrected chi connectivity index (χ3v) is 4.94. The van der Waals surface area contributed by atoms with Crippen molar-refractivity contribution in [2.75, 3.05) is 27.4 Å². The minimum Gasteiger partial charge on any atom is -0.382 e. The summed E-state index contributed by atoms with van der Waals surface area (Å²) in [5, 5.41) is 8.22. The second kappa shape index (κ2) is 9.99. The molecule has 2 saturated heterocycles. The molecule has 0 spiro atoms. The molecule has 2 aliphatic rings. The maximum absolute atomic E-state index is 5.94. The van der Waals surface area contributed by atoms with Gasteiger partial charge in [0, 0.05) is 26.2 Å². The van der Waals surface area contributed by atoms with Gasteiger partial charge in [-0.2, -0.15) is 0 Å². The molecule has 0 aromatic carbocycles. The Morgan fingerprint density at radius 1 is 1.11 bits per heavy atom. The molecule has 0 N–H and O–H groups in total. The van der Waals surface area contributed by atoms with Gasteiger partial charge in [-0.3, -0.25) is 0 Å². The largest absolute Gasteiger partial charge is 0.382 e. The van der Waals surface area contributed by atoms with Gasteiger partial charge in [0.2, 0.25) is 0 Å². The van der Waals surface area contributed by atoms with Gasteiger partial charge < -0.3 is 28.4 Å². The highest BCUT2D eigenvalue weighted by atomic mass is 16.6. The molecule has 1 aromatic rings. The van der Waals surface area contributed by atoms with Crippen molar-refractivity contribution in [2.45, 2.75) is 62.6 Å². The van der Waals surface area contributed by atoms with Crippen molar-refractivity contribution in [1.82, 2.24) is 15.0 Å². The Morgan fingerprint density at radius 2 is 1.81 bits per heavy atom. The van der Waals surface area contributed by atoms with Gasteiger partial charge in [0.15, 0.2) is 0 Å². The van der Waals surface area contributed by atoms with Crippen LogP contribution in [0, 0.1) is 0 Å². The predicted molar refractivity (Wildman–Crippen MR) is 101 cm³/mol. The van der Waals surface area contributed by atoms with Crippen molar-refractivity contribution in [3.63, 3.8) is 0 Å². The van der Waals surface area contributed by atoms with Crippen molar-refractivity contribution >= 4 is 15.7 Å². The number of hydrogen-bond acceptors (Lipinski definition) is 8. The molecule has 2 fully saturated rings. The first-order chi connectivity index (χ1) is 13.1. The van der Waals surface area contributed by atoms with Crippen LogP contribution in [0.4, 0.5) is 0 Å². The van der Waals surface area contributed by atoms with Crippen LogP contribution in [0.2, 0.25) is 0 Å². The average Bonchev–Trinajstić information content (AvgIpc) is 3.33. The smallest absolute Gasteiger partial charge is 0.141 e. The summed E-state index contributed by atoms with van der Waals surface area (Å²) in [6.45, 7) is 1.70. The molecule has 3 heterocycles.